The molecule has 2 aromatic rings. The SMILES string of the molecule is O=C(CC1CCCC1)N1CCC(c2nnc(-c3ccc(F)cc3)o2)CC1. The van der Waals surface area contributed by atoms with Crippen LogP contribution < -0.4 is 0 Å². The molecular formula is C20H24FN3O2. The van der Waals surface area contributed by atoms with Crippen molar-refractivity contribution < 1.29 is 13.6 Å². The molecule has 138 valence electrons. The van der Waals surface area contributed by atoms with E-state index in [-0.39, 0.29) is 11.7 Å². The van der Waals surface area contributed by atoms with Gasteiger partial charge in [0.1, 0.15) is 5.82 Å². The summed E-state index contributed by atoms with van der Waals surface area (Å²) in [5, 5.41) is 8.27. The molecule has 6 heteroatoms. The maximum Gasteiger partial charge on any atom is 0.247 e. The Balaban J connectivity index is 1.33. The van der Waals surface area contributed by atoms with E-state index in [1.165, 1.54) is 37.8 Å². The van der Waals surface area contributed by atoms with Crippen molar-refractivity contribution in [2.75, 3.05) is 13.1 Å². The smallest absolute Gasteiger partial charge is 0.247 e. The van der Waals surface area contributed by atoms with E-state index in [4.69, 9.17) is 4.42 Å². The number of benzene rings is 1. The second-order valence-electron chi connectivity index (χ2n) is 7.46. The van der Waals surface area contributed by atoms with Crippen molar-refractivity contribution in [3.05, 3.63) is 36.0 Å². The lowest BCUT2D eigenvalue weighted by Crippen LogP contribution is -2.38. The van der Waals surface area contributed by atoms with Gasteiger partial charge in [-0.2, -0.15) is 0 Å². The number of carbonyl (C=O) groups excluding carboxylic acids is 1. The maximum absolute atomic E-state index is 13.0. The molecule has 0 atom stereocenters. The fraction of sp³-hybridized carbons (Fsp3) is 0.550. The number of hydrogen-bond acceptors (Lipinski definition) is 4. The van der Waals surface area contributed by atoms with Crippen LogP contribution in [0.2, 0.25) is 0 Å². The summed E-state index contributed by atoms with van der Waals surface area (Å²) in [7, 11) is 0. The topological polar surface area (TPSA) is 59.2 Å². The number of piperidine rings is 1. The molecule has 5 nitrogen and oxygen atoms in total. The Hall–Kier alpha value is -2.24. The van der Waals surface area contributed by atoms with Crippen molar-refractivity contribution in [2.24, 2.45) is 5.92 Å². The van der Waals surface area contributed by atoms with Crippen LogP contribution in [0.4, 0.5) is 4.39 Å². The molecule has 1 amide bonds. The van der Waals surface area contributed by atoms with Crippen molar-refractivity contribution in [3.63, 3.8) is 0 Å². The monoisotopic (exact) mass is 357 g/mol. The Morgan fingerprint density at radius 3 is 2.46 bits per heavy atom. The fourth-order valence-corrected chi connectivity index (χ4v) is 4.08. The van der Waals surface area contributed by atoms with Crippen LogP contribution in [0.5, 0.6) is 0 Å². The second kappa shape index (κ2) is 7.56. The molecule has 1 saturated heterocycles. The van der Waals surface area contributed by atoms with Crippen LogP contribution in [0.25, 0.3) is 11.5 Å². The van der Waals surface area contributed by atoms with E-state index < -0.39 is 0 Å². The number of likely N-dealkylation sites (tertiary alicyclic amines) is 1. The Morgan fingerprint density at radius 1 is 1.08 bits per heavy atom. The third-order valence-corrected chi connectivity index (χ3v) is 5.67. The molecule has 4 rings (SSSR count). The van der Waals surface area contributed by atoms with Gasteiger partial charge in [0.15, 0.2) is 0 Å². The molecule has 0 N–H and O–H groups in total. The lowest BCUT2D eigenvalue weighted by molar-refractivity contribution is -0.133. The average molecular weight is 357 g/mol. The molecule has 26 heavy (non-hydrogen) atoms. The van der Waals surface area contributed by atoms with Gasteiger partial charge >= 0.3 is 0 Å². The fourth-order valence-electron chi connectivity index (χ4n) is 4.08. The summed E-state index contributed by atoms with van der Waals surface area (Å²) >= 11 is 0. The summed E-state index contributed by atoms with van der Waals surface area (Å²) in [4.78, 5) is 14.4. The molecule has 1 aromatic carbocycles. The van der Waals surface area contributed by atoms with E-state index in [2.05, 4.69) is 10.2 Å². The highest BCUT2D eigenvalue weighted by molar-refractivity contribution is 5.76. The standard InChI is InChI=1S/C20H24FN3O2/c21-17-7-5-15(6-8-17)19-22-23-20(26-19)16-9-11-24(12-10-16)18(25)13-14-3-1-2-4-14/h5-8,14,16H,1-4,9-13H2. The van der Waals surface area contributed by atoms with Crippen LogP contribution >= 0.6 is 0 Å². The van der Waals surface area contributed by atoms with E-state index >= 15 is 0 Å². The van der Waals surface area contributed by atoms with E-state index in [0.29, 0.717) is 35.6 Å². The van der Waals surface area contributed by atoms with Gasteiger partial charge in [-0.25, -0.2) is 4.39 Å². The molecule has 0 bridgehead atoms. The lowest BCUT2D eigenvalue weighted by Gasteiger charge is -2.31. The zero-order chi connectivity index (χ0) is 17.9. The zero-order valence-electron chi connectivity index (χ0n) is 14.9. The Morgan fingerprint density at radius 2 is 1.77 bits per heavy atom. The lowest BCUT2D eigenvalue weighted by atomic mass is 9.95. The first-order chi connectivity index (χ1) is 12.7. The van der Waals surface area contributed by atoms with Crippen LogP contribution in [-0.2, 0) is 4.79 Å². The maximum atomic E-state index is 13.0. The summed E-state index contributed by atoms with van der Waals surface area (Å²) in [6.45, 7) is 1.51. The molecule has 1 saturated carbocycles. The Kier molecular flexibility index (Phi) is 5.00. The van der Waals surface area contributed by atoms with Gasteiger partial charge in [0, 0.05) is 31.0 Å². The largest absolute Gasteiger partial charge is 0.420 e. The summed E-state index contributed by atoms with van der Waals surface area (Å²) in [5.41, 5.74) is 0.717. The summed E-state index contributed by atoms with van der Waals surface area (Å²) in [5.74, 6) is 1.82. The number of hydrogen-bond donors (Lipinski definition) is 0. The van der Waals surface area contributed by atoms with Crippen molar-refractivity contribution in [3.8, 4) is 11.5 Å². The molecule has 0 radical (unpaired) electrons. The molecule has 1 aromatic heterocycles. The third kappa shape index (κ3) is 3.79. The highest BCUT2D eigenvalue weighted by Crippen LogP contribution is 2.32. The molecular weight excluding hydrogens is 333 g/mol. The van der Waals surface area contributed by atoms with Gasteiger partial charge in [-0.3, -0.25) is 4.79 Å². The predicted octanol–water partition coefficient (Wildman–Crippen LogP) is 4.16. The number of carbonyl (C=O) groups is 1. The normalized spacial score (nSPS) is 19.2. The van der Waals surface area contributed by atoms with Crippen molar-refractivity contribution in [1.82, 2.24) is 15.1 Å². The van der Waals surface area contributed by atoms with E-state index in [1.807, 2.05) is 4.90 Å². The third-order valence-electron chi connectivity index (χ3n) is 5.67. The van der Waals surface area contributed by atoms with Crippen molar-refractivity contribution in [2.45, 2.75) is 50.9 Å². The number of halogens is 1. The molecule has 1 aliphatic heterocycles. The van der Waals surface area contributed by atoms with Crippen LogP contribution in [0.15, 0.2) is 28.7 Å². The minimum absolute atomic E-state index is 0.187. The molecule has 2 fully saturated rings. The van der Waals surface area contributed by atoms with Gasteiger partial charge in [-0.15, -0.1) is 10.2 Å². The van der Waals surface area contributed by atoms with Gasteiger partial charge in [-0.05, 0) is 55.9 Å². The van der Waals surface area contributed by atoms with E-state index in [9.17, 15) is 9.18 Å². The van der Waals surface area contributed by atoms with Crippen LogP contribution in [-0.4, -0.2) is 34.1 Å². The van der Waals surface area contributed by atoms with Crippen molar-refractivity contribution in [1.29, 1.82) is 0 Å². The van der Waals surface area contributed by atoms with Gasteiger partial charge in [0.05, 0.1) is 0 Å². The minimum atomic E-state index is -0.289. The van der Waals surface area contributed by atoms with Crippen molar-refractivity contribution >= 4 is 5.91 Å². The summed E-state index contributed by atoms with van der Waals surface area (Å²) < 4.78 is 18.8. The van der Waals surface area contributed by atoms with Gasteiger partial charge < -0.3 is 9.32 Å². The first-order valence-corrected chi connectivity index (χ1v) is 9.56. The molecule has 2 heterocycles. The highest BCUT2D eigenvalue weighted by atomic mass is 19.1. The quantitative estimate of drug-likeness (QED) is 0.824. The number of nitrogens with zero attached hydrogens (tertiary/aromatic N) is 3. The molecule has 0 unspecified atom stereocenters. The average Bonchev–Trinajstić information content (AvgIpc) is 3.34. The first kappa shape index (κ1) is 17.2. The zero-order valence-corrected chi connectivity index (χ0v) is 14.9. The minimum Gasteiger partial charge on any atom is -0.420 e. The Labute approximate surface area is 152 Å². The molecule has 2 aliphatic rings. The highest BCUT2D eigenvalue weighted by Gasteiger charge is 2.29. The molecule has 0 spiro atoms. The summed E-state index contributed by atoms with van der Waals surface area (Å²) in [6, 6.07) is 6.04. The van der Waals surface area contributed by atoms with Gasteiger partial charge in [0.2, 0.25) is 17.7 Å². The van der Waals surface area contributed by atoms with E-state index in [0.717, 1.165) is 25.9 Å². The summed E-state index contributed by atoms with van der Waals surface area (Å²) in [6.07, 6.45) is 7.36. The second-order valence-corrected chi connectivity index (χ2v) is 7.46. The number of amides is 1. The van der Waals surface area contributed by atoms with Crippen LogP contribution in [0.1, 0.15) is 56.8 Å². The Bertz CT molecular complexity index is 745. The van der Waals surface area contributed by atoms with E-state index in [1.54, 1.807) is 12.1 Å². The number of aromatic nitrogens is 2. The van der Waals surface area contributed by atoms with Gasteiger partial charge in [0.25, 0.3) is 0 Å². The van der Waals surface area contributed by atoms with Crippen LogP contribution in [0.3, 0.4) is 0 Å². The predicted molar refractivity (Wildman–Crippen MR) is 94.8 cm³/mol. The first-order valence-electron chi connectivity index (χ1n) is 9.56. The molecule has 1 aliphatic carbocycles. The van der Waals surface area contributed by atoms with Gasteiger partial charge in [-0.1, -0.05) is 12.8 Å². The van der Waals surface area contributed by atoms with Crippen LogP contribution in [0, 0.1) is 11.7 Å². The number of rotatable bonds is 4.